The minimum atomic E-state index is -4.68. The van der Waals surface area contributed by atoms with E-state index in [4.69, 9.17) is 5.11 Å². The number of esters is 1. The maximum atomic E-state index is 11.8. The maximum Gasteiger partial charge on any atom is 0.415 e. The highest BCUT2D eigenvalue weighted by atomic mass is 19.4. The highest BCUT2D eigenvalue weighted by Crippen LogP contribution is 2.19. The number of carbonyl (C=O) groups is 1. The molecule has 0 rings (SSSR count). The van der Waals surface area contributed by atoms with E-state index in [1.165, 1.54) is 6.92 Å². The van der Waals surface area contributed by atoms with Crippen LogP contribution in [0.5, 0.6) is 0 Å². The first-order valence-corrected chi connectivity index (χ1v) is 3.85. The van der Waals surface area contributed by atoms with Crippen molar-refractivity contribution in [2.75, 3.05) is 13.7 Å². The van der Waals surface area contributed by atoms with E-state index < -0.39 is 30.8 Å². The zero-order valence-electron chi connectivity index (χ0n) is 7.76. The Kier molecular flexibility index (Phi) is 4.86. The quantitative estimate of drug-likeness (QED) is 0.651. The van der Waals surface area contributed by atoms with Crippen LogP contribution in [0.1, 0.15) is 6.92 Å². The van der Waals surface area contributed by atoms with Crippen LogP contribution in [0, 0.1) is 0 Å². The van der Waals surface area contributed by atoms with Crippen molar-refractivity contribution in [3.8, 4) is 0 Å². The second-order valence-electron chi connectivity index (χ2n) is 2.71. The molecule has 2 unspecified atom stereocenters. The number of halogens is 3. The molecule has 0 aliphatic carbocycles. The Morgan fingerprint density at radius 1 is 1.57 bits per heavy atom. The van der Waals surface area contributed by atoms with Gasteiger partial charge >= 0.3 is 12.1 Å². The van der Waals surface area contributed by atoms with Crippen molar-refractivity contribution in [2.45, 2.75) is 25.2 Å². The molecule has 0 saturated carbocycles. The largest absolute Gasteiger partial charge is 0.468 e. The molecule has 0 heterocycles. The molecule has 0 aromatic heterocycles. The van der Waals surface area contributed by atoms with Crippen LogP contribution in [0.25, 0.3) is 0 Å². The Bertz CT molecular complexity index is 195. The summed E-state index contributed by atoms with van der Waals surface area (Å²) in [6, 6.07) is -0.878. The topological polar surface area (TPSA) is 58.6 Å². The third kappa shape index (κ3) is 4.43. The molecule has 2 N–H and O–H groups in total. The summed E-state index contributed by atoms with van der Waals surface area (Å²) in [7, 11) is 1.13. The Morgan fingerprint density at radius 2 is 2.07 bits per heavy atom. The van der Waals surface area contributed by atoms with Crippen LogP contribution in [-0.4, -0.2) is 43.1 Å². The van der Waals surface area contributed by atoms with E-state index in [1.807, 2.05) is 0 Å². The SMILES string of the molecule is COC(=O)C(C)NCC(O)C(F)(F)F. The van der Waals surface area contributed by atoms with Gasteiger partial charge in [0.25, 0.3) is 0 Å². The number of alkyl halides is 3. The predicted octanol–water partition coefficient (Wildman–Crippen LogP) is 0.0607. The minimum Gasteiger partial charge on any atom is -0.468 e. The summed E-state index contributed by atoms with van der Waals surface area (Å²) in [6.07, 6.45) is -7.15. The van der Waals surface area contributed by atoms with Crippen LogP contribution in [0.2, 0.25) is 0 Å². The number of ether oxygens (including phenoxy) is 1. The van der Waals surface area contributed by atoms with Crippen molar-refractivity contribution in [3.05, 3.63) is 0 Å². The van der Waals surface area contributed by atoms with E-state index in [0.29, 0.717) is 0 Å². The van der Waals surface area contributed by atoms with E-state index >= 15 is 0 Å². The fourth-order valence-electron chi connectivity index (χ4n) is 0.664. The normalized spacial score (nSPS) is 16.1. The number of nitrogens with one attached hydrogen (secondary N) is 1. The van der Waals surface area contributed by atoms with Crippen LogP contribution >= 0.6 is 0 Å². The number of aliphatic hydroxyl groups is 1. The highest BCUT2D eigenvalue weighted by molar-refractivity contribution is 5.75. The average molecular weight is 215 g/mol. The van der Waals surface area contributed by atoms with Gasteiger partial charge in [-0.2, -0.15) is 13.2 Å². The second-order valence-corrected chi connectivity index (χ2v) is 2.71. The van der Waals surface area contributed by atoms with Crippen molar-refractivity contribution in [1.29, 1.82) is 0 Å². The lowest BCUT2D eigenvalue weighted by Crippen LogP contribution is -2.44. The number of aliphatic hydroxyl groups excluding tert-OH is 1. The third-order valence-corrected chi connectivity index (χ3v) is 1.55. The number of carbonyl (C=O) groups excluding carboxylic acids is 1. The minimum absolute atomic E-state index is 0.681. The molecule has 14 heavy (non-hydrogen) atoms. The van der Waals surface area contributed by atoms with Crippen molar-refractivity contribution in [3.63, 3.8) is 0 Å². The Labute approximate surface area is 79.0 Å². The first-order chi connectivity index (χ1) is 6.29. The molecule has 0 radical (unpaired) electrons. The fourth-order valence-corrected chi connectivity index (χ4v) is 0.664. The molecular weight excluding hydrogens is 203 g/mol. The van der Waals surface area contributed by atoms with Gasteiger partial charge in [-0.15, -0.1) is 0 Å². The van der Waals surface area contributed by atoms with Crippen LogP contribution < -0.4 is 5.32 Å². The molecule has 7 heteroatoms. The van der Waals surface area contributed by atoms with E-state index in [1.54, 1.807) is 0 Å². The Balaban J connectivity index is 3.89. The monoisotopic (exact) mass is 215 g/mol. The van der Waals surface area contributed by atoms with Crippen LogP contribution in [-0.2, 0) is 9.53 Å². The zero-order valence-corrected chi connectivity index (χ0v) is 7.76. The molecule has 0 spiro atoms. The van der Waals surface area contributed by atoms with Gasteiger partial charge in [-0.3, -0.25) is 4.79 Å². The van der Waals surface area contributed by atoms with Gasteiger partial charge in [-0.05, 0) is 6.92 Å². The first-order valence-electron chi connectivity index (χ1n) is 3.85. The first kappa shape index (κ1) is 13.2. The van der Waals surface area contributed by atoms with Gasteiger partial charge in [-0.25, -0.2) is 0 Å². The summed E-state index contributed by atoms with van der Waals surface area (Å²) in [6.45, 7) is 0.606. The van der Waals surface area contributed by atoms with Crippen molar-refractivity contribution < 1.29 is 27.8 Å². The van der Waals surface area contributed by atoms with E-state index in [0.717, 1.165) is 7.11 Å². The summed E-state index contributed by atoms with van der Waals surface area (Å²) < 4.78 is 39.6. The molecule has 0 bridgehead atoms. The van der Waals surface area contributed by atoms with Gasteiger partial charge in [0.1, 0.15) is 6.04 Å². The van der Waals surface area contributed by atoms with Crippen molar-refractivity contribution >= 4 is 5.97 Å². The van der Waals surface area contributed by atoms with Gasteiger partial charge in [0.05, 0.1) is 7.11 Å². The summed E-state index contributed by atoms with van der Waals surface area (Å²) in [5.41, 5.74) is 0. The lowest BCUT2D eigenvalue weighted by molar-refractivity contribution is -0.202. The van der Waals surface area contributed by atoms with Gasteiger partial charge in [-0.1, -0.05) is 0 Å². The van der Waals surface area contributed by atoms with Gasteiger partial charge in [0.15, 0.2) is 6.10 Å². The molecule has 0 fully saturated rings. The molecule has 84 valence electrons. The molecule has 0 aliphatic heterocycles. The molecule has 0 aromatic carbocycles. The second kappa shape index (κ2) is 5.16. The summed E-state index contributed by atoms with van der Waals surface area (Å²) in [5.74, 6) is -0.681. The van der Waals surface area contributed by atoms with Crippen LogP contribution in [0.4, 0.5) is 13.2 Å². The van der Waals surface area contributed by atoms with Gasteiger partial charge < -0.3 is 15.2 Å². The van der Waals surface area contributed by atoms with Crippen LogP contribution in [0.15, 0.2) is 0 Å². The standard InChI is InChI=1S/C7H12F3NO3/c1-4(6(13)14-2)11-3-5(12)7(8,9)10/h4-5,11-12H,3H2,1-2H3. The van der Waals surface area contributed by atoms with Crippen LogP contribution in [0.3, 0.4) is 0 Å². The molecule has 4 nitrogen and oxygen atoms in total. The third-order valence-electron chi connectivity index (χ3n) is 1.55. The number of hydrogen-bond donors (Lipinski definition) is 2. The fraction of sp³-hybridized carbons (Fsp3) is 0.857. The molecule has 0 amide bonds. The van der Waals surface area contributed by atoms with Crippen molar-refractivity contribution in [1.82, 2.24) is 5.32 Å². The molecular formula is C7H12F3NO3. The summed E-state index contributed by atoms with van der Waals surface area (Å²) in [4.78, 5) is 10.7. The maximum absolute atomic E-state index is 11.8. The predicted molar refractivity (Wildman–Crippen MR) is 41.5 cm³/mol. The van der Waals surface area contributed by atoms with E-state index in [-0.39, 0.29) is 0 Å². The molecule has 0 aliphatic rings. The molecule has 2 atom stereocenters. The smallest absolute Gasteiger partial charge is 0.415 e. The zero-order chi connectivity index (χ0) is 11.4. The van der Waals surface area contributed by atoms with E-state index in [9.17, 15) is 18.0 Å². The highest BCUT2D eigenvalue weighted by Gasteiger charge is 2.38. The lowest BCUT2D eigenvalue weighted by Gasteiger charge is -2.17. The van der Waals surface area contributed by atoms with Crippen molar-refractivity contribution in [2.24, 2.45) is 0 Å². The molecule has 0 aromatic rings. The van der Waals surface area contributed by atoms with Gasteiger partial charge in [0, 0.05) is 6.54 Å². The Morgan fingerprint density at radius 3 is 2.43 bits per heavy atom. The number of rotatable bonds is 4. The van der Waals surface area contributed by atoms with Gasteiger partial charge in [0.2, 0.25) is 0 Å². The summed E-state index contributed by atoms with van der Waals surface area (Å²) >= 11 is 0. The molecule has 0 saturated heterocycles. The number of methoxy groups -OCH3 is 1. The summed E-state index contributed by atoms with van der Waals surface area (Å²) in [5, 5.41) is 10.7. The average Bonchev–Trinajstić information content (AvgIpc) is 2.10. The Hall–Kier alpha value is -0.820. The van der Waals surface area contributed by atoms with E-state index in [2.05, 4.69) is 10.1 Å². The number of hydrogen-bond acceptors (Lipinski definition) is 4. The lowest BCUT2D eigenvalue weighted by atomic mass is 10.3.